The summed E-state index contributed by atoms with van der Waals surface area (Å²) in [6.07, 6.45) is 0.391. The van der Waals surface area contributed by atoms with Crippen LogP contribution in [0.5, 0.6) is 5.75 Å². The average Bonchev–Trinajstić information content (AvgIpc) is 2.60. The molecule has 1 aliphatic rings. The topological polar surface area (TPSA) is 45.4 Å². The molecule has 0 spiro atoms. The van der Waals surface area contributed by atoms with E-state index in [-0.39, 0.29) is 6.10 Å². The molecular weight excluding hydrogens is 178 g/mol. The number of benzene rings is 1. The quantitative estimate of drug-likeness (QED) is 0.655. The zero-order chi connectivity index (χ0) is 9.71. The number of fused-ring (bicyclic) bond motifs is 3. The molecule has 0 amide bonds. The highest BCUT2D eigenvalue weighted by molar-refractivity contribution is 5.87. The van der Waals surface area contributed by atoms with Crippen LogP contribution >= 0.6 is 0 Å². The highest BCUT2D eigenvalue weighted by Gasteiger charge is 2.22. The van der Waals surface area contributed by atoms with Crippen LogP contribution in [0.15, 0.2) is 24.3 Å². The minimum absolute atomic E-state index is 0.294. The van der Waals surface area contributed by atoms with Gasteiger partial charge in [-0.3, -0.25) is 0 Å². The van der Waals surface area contributed by atoms with Gasteiger partial charge in [0.15, 0.2) is 0 Å². The average molecular weight is 189 g/mol. The standard InChI is InChI=1S/C11H11NO2/c13-9-5-8-4-7-2-1-3-10(14)11(7)12(8)6-9/h1-4,9,13-14H,5-6H2. The van der Waals surface area contributed by atoms with E-state index in [0.717, 1.165) is 16.6 Å². The summed E-state index contributed by atoms with van der Waals surface area (Å²) in [6, 6.07) is 7.53. The van der Waals surface area contributed by atoms with Crippen LogP contribution in [0.3, 0.4) is 0 Å². The number of aliphatic hydroxyl groups is 1. The summed E-state index contributed by atoms with van der Waals surface area (Å²) in [4.78, 5) is 0. The van der Waals surface area contributed by atoms with Crippen molar-refractivity contribution in [2.24, 2.45) is 0 Å². The maximum absolute atomic E-state index is 9.71. The molecule has 2 aromatic rings. The predicted octanol–water partition coefficient (Wildman–Crippen LogP) is 1.26. The van der Waals surface area contributed by atoms with E-state index in [1.165, 1.54) is 0 Å². The van der Waals surface area contributed by atoms with Crippen molar-refractivity contribution in [3.05, 3.63) is 30.0 Å². The summed E-state index contributed by atoms with van der Waals surface area (Å²) in [7, 11) is 0. The van der Waals surface area contributed by atoms with E-state index in [1.807, 2.05) is 22.8 Å². The number of hydrogen-bond donors (Lipinski definition) is 2. The first kappa shape index (κ1) is 7.88. The Labute approximate surface area is 81.2 Å². The number of hydrogen-bond acceptors (Lipinski definition) is 2. The molecule has 0 fully saturated rings. The minimum atomic E-state index is -0.297. The molecule has 3 rings (SSSR count). The molecular formula is C11H11NO2. The highest BCUT2D eigenvalue weighted by atomic mass is 16.3. The van der Waals surface area contributed by atoms with Gasteiger partial charge in [-0.2, -0.15) is 0 Å². The highest BCUT2D eigenvalue weighted by Crippen LogP contribution is 2.31. The van der Waals surface area contributed by atoms with Gasteiger partial charge < -0.3 is 14.8 Å². The molecule has 3 nitrogen and oxygen atoms in total. The Morgan fingerprint density at radius 2 is 2.21 bits per heavy atom. The third kappa shape index (κ3) is 0.902. The van der Waals surface area contributed by atoms with Crippen LogP contribution in [0, 0.1) is 0 Å². The summed E-state index contributed by atoms with van der Waals surface area (Å²) in [5, 5.41) is 20.2. The molecule has 1 aliphatic heterocycles. The molecule has 1 aromatic carbocycles. The zero-order valence-corrected chi connectivity index (χ0v) is 7.64. The molecule has 1 atom stereocenters. The fraction of sp³-hybridized carbons (Fsp3) is 0.273. The number of nitrogens with zero attached hydrogens (tertiary/aromatic N) is 1. The Bertz CT molecular complexity index is 501. The summed E-state index contributed by atoms with van der Waals surface area (Å²) in [6.45, 7) is 0.594. The number of aromatic hydroxyl groups is 1. The summed E-state index contributed by atoms with van der Waals surface area (Å²) >= 11 is 0. The Morgan fingerprint density at radius 3 is 3.07 bits per heavy atom. The van der Waals surface area contributed by atoms with Crippen LogP contribution in [0.2, 0.25) is 0 Å². The molecule has 0 aliphatic carbocycles. The van der Waals surface area contributed by atoms with Crippen molar-refractivity contribution in [1.82, 2.24) is 4.57 Å². The van der Waals surface area contributed by atoms with Gasteiger partial charge in [0.1, 0.15) is 5.75 Å². The Balaban J connectivity index is 2.35. The summed E-state index contributed by atoms with van der Waals surface area (Å²) < 4.78 is 2.00. The van der Waals surface area contributed by atoms with E-state index in [2.05, 4.69) is 0 Å². The normalized spacial score (nSPS) is 20.2. The molecule has 0 saturated carbocycles. The van der Waals surface area contributed by atoms with Crippen molar-refractivity contribution >= 4 is 10.9 Å². The van der Waals surface area contributed by atoms with Crippen molar-refractivity contribution in [2.45, 2.75) is 19.1 Å². The van der Waals surface area contributed by atoms with Crippen LogP contribution < -0.4 is 0 Å². The summed E-state index contributed by atoms with van der Waals surface area (Å²) in [5.74, 6) is 0.294. The third-order valence-electron chi connectivity index (χ3n) is 2.82. The van der Waals surface area contributed by atoms with E-state index in [4.69, 9.17) is 0 Å². The number of rotatable bonds is 0. The first-order valence-electron chi connectivity index (χ1n) is 4.74. The number of phenolic OH excluding ortho intramolecular Hbond substituents is 1. The molecule has 1 aromatic heterocycles. The molecule has 0 radical (unpaired) electrons. The monoisotopic (exact) mass is 189 g/mol. The second-order valence-electron chi connectivity index (χ2n) is 3.82. The van der Waals surface area contributed by atoms with Crippen molar-refractivity contribution < 1.29 is 10.2 Å². The van der Waals surface area contributed by atoms with Crippen molar-refractivity contribution in [3.8, 4) is 5.75 Å². The second kappa shape index (κ2) is 2.51. The lowest BCUT2D eigenvalue weighted by atomic mass is 10.2. The molecule has 0 bridgehead atoms. The maximum Gasteiger partial charge on any atom is 0.139 e. The van der Waals surface area contributed by atoms with Gasteiger partial charge in [0, 0.05) is 24.0 Å². The molecule has 0 saturated heterocycles. The third-order valence-corrected chi connectivity index (χ3v) is 2.82. The molecule has 3 heteroatoms. The number of para-hydroxylation sites is 1. The first-order valence-corrected chi connectivity index (χ1v) is 4.74. The molecule has 2 N–H and O–H groups in total. The number of aromatic nitrogens is 1. The Kier molecular flexibility index (Phi) is 1.42. The van der Waals surface area contributed by atoms with Gasteiger partial charge in [0.25, 0.3) is 0 Å². The van der Waals surface area contributed by atoms with Crippen molar-refractivity contribution in [2.75, 3.05) is 0 Å². The van der Waals surface area contributed by atoms with Crippen LogP contribution in [-0.2, 0) is 13.0 Å². The van der Waals surface area contributed by atoms with E-state index in [1.54, 1.807) is 6.07 Å². The van der Waals surface area contributed by atoms with E-state index in [9.17, 15) is 10.2 Å². The van der Waals surface area contributed by atoms with Gasteiger partial charge in [0.05, 0.1) is 11.6 Å². The molecule has 72 valence electrons. The van der Waals surface area contributed by atoms with E-state index >= 15 is 0 Å². The first-order chi connectivity index (χ1) is 6.75. The molecule has 2 heterocycles. The van der Waals surface area contributed by atoms with Crippen LogP contribution in [0.4, 0.5) is 0 Å². The van der Waals surface area contributed by atoms with Gasteiger partial charge in [-0.1, -0.05) is 12.1 Å². The van der Waals surface area contributed by atoms with Crippen molar-refractivity contribution in [3.63, 3.8) is 0 Å². The maximum atomic E-state index is 9.71. The van der Waals surface area contributed by atoms with Crippen LogP contribution in [0.1, 0.15) is 5.69 Å². The lowest BCUT2D eigenvalue weighted by Crippen LogP contribution is -2.07. The van der Waals surface area contributed by atoms with Gasteiger partial charge in [0.2, 0.25) is 0 Å². The van der Waals surface area contributed by atoms with Gasteiger partial charge in [-0.25, -0.2) is 0 Å². The zero-order valence-electron chi connectivity index (χ0n) is 7.64. The minimum Gasteiger partial charge on any atom is -0.506 e. The fourth-order valence-corrected chi connectivity index (χ4v) is 2.25. The number of aliphatic hydroxyl groups excluding tert-OH is 1. The van der Waals surface area contributed by atoms with Crippen LogP contribution in [0.25, 0.3) is 10.9 Å². The molecule has 1 unspecified atom stereocenters. The van der Waals surface area contributed by atoms with Gasteiger partial charge >= 0.3 is 0 Å². The second-order valence-corrected chi connectivity index (χ2v) is 3.82. The molecule has 14 heavy (non-hydrogen) atoms. The SMILES string of the molecule is Oc1cccc2cc3n(c12)CC(O)C3. The van der Waals surface area contributed by atoms with E-state index < -0.39 is 0 Å². The number of phenols is 1. The van der Waals surface area contributed by atoms with Crippen molar-refractivity contribution in [1.29, 1.82) is 0 Å². The Hall–Kier alpha value is -1.48. The van der Waals surface area contributed by atoms with Crippen LogP contribution in [-0.4, -0.2) is 20.9 Å². The largest absolute Gasteiger partial charge is 0.506 e. The summed E-state index contributed by atoms with van der Waals surface area (Å²) in [5.41, 5.74) is 1.95. The van der Waals surface area contributed by atoms with E-state index in [0.29, 0.717) is 18.7 Å². The predicted molar refractivity (Wildman–Crippen MR) is 53.3 cm³/mol. The lowest BCUT2D eigenvalue weighted by molar-refractivity contribution is 0.176. The van der Waals surface area contributed by atoms with Gasteiger partial charge in [-0.05, 0) is 12.1 Å². The van der Waals surface area contributed by atoms with Gasteiger partial charge in [-0.15, -0.1) is 0 Å². The lowest BCUT2D eigenvalue weighted by Gasteiger charge is -2.03. The Morgan fingerprint density at radius 1 is 1.36 bits per heavy atom. The smallest absolute Gasteiger partial charge is 0.139 e. The fourth-order valence-electron chi connectivity index (χ4n) is 2.25.